The van der Waals surface area contributed by atoms with Gasteiger partial charge in [0.2, 0.25) is 0 Å². The Balaban J connectivity index is 1.57. The number of ether oxygens (including phenoxy) is 2. The Morgan fingerprint density at radius 3 is 2.38 bits per heavy atom. The number of rotatable bonds is 10. The predicted octanol–water partition coefficient (Wildman–Crippen LogP) is 3.17. The van der Waals surface area contributed by atoms with Gasteiger partial charge in [-0.25, -0.2) is 9.48 Å². The molecule has 0 aliphatic carbocycles. The summed E-state index contributed by atoms with van der Waals surface area (Å²) < 4.78 is 35.0. The molecule has 0 atom stereocenters. The number of amides is 1. The molecular formula is C24H25F2N3O5. The number of aromatic nitrogens is 2. The van der Waals surface area contributed by atoms with Crippen molar-refractivity contribution in [3.05, 3.63) is 70.1 Å². The molecule has 8 nitrogen and oxygen atoms in total. The number of esters is 1. The van der Waals surface area contributed by atoms with E-state index in [4.69, 9.17) is 4.74 Å². The summed E-state index contributed by atoms with van der Waals surface area (Å²) in [6, 6.07) is 12.7. The van der Waals surface area contributed by atoms with E-state index in [0.717, 1.165) is 5.56 Å². The Hall–Kier alpha value is -3.82. The van der Waals surface area contributed by atoms with Gasteiger partial charge in [-0.3, -0.25) is 9.59 Å². The Morgan fingerprint density at radius 1 is 1.06 bits per heavy atom. The van der Waals surface area contributed by atoms with Gasteiger partial charge in [0.15, 0.2) is 12.3 Å². The Morgan fingerprint density at radius 2 is 1.74 bits per heavy atom. The van der Waals surface area contributed by atoms with Crippen molar-refractivity contribution in [3.8, 4) is 5.75 Å². The lowest BCUT2D eigenvalue weighted by molar-refractivity contribution is -0.124. The van der Waals surface area contributed by atoms with Gasteiger partial charge in [0.1, 0.15) is 5.75 Å². The number of nitrogens with zero attached hydrogens (tertiary/aromatic N) is 2. The molecule has 0 bridgehead atoms. The topological polar surface area (TPSA) is 99.5 Å². The molecule has 0 saturated carbocycles. The summed E-state index contributed by atoms with van der Waals surface area (Å²) in [5, 5.41) is 7.52. The summed E-state index contributed by atoms with van der Waals surface area (Å²) in [6.07, 6.45) is 0.445. The summed E-state index contributed by atoms with van der Waals surface area (Å²) in [6.45, 7) is 1.04. The van der Waals surface area contributed by atoms with Crippen LogP contribution in [-0.2, 0) is 22.5 Å². The highest BCUT2D eigenvalue weighted by Gasteiger charge is 2.19. The molecule has 0 aliphatic rings. The first-order chi connectivity index (χ1) is 16.2. The highest BCUT2D eigenvalue weighted by Crippen LogP contribution is 2.16. The van der Waals surface area contributed by atoms with Crippen LogP contribution in [0.2, 0.25) is 0 Å². The predicted molar refractivity (Wildman–Crippen MR) is 121 cm³/mol. The van der Waals surface area contributed by atoms with Crippen LogP contribution in [0.4, 0.5) is 8.78 Å². The van der Waals surface area contributed by atoms with Crippen LogP contribution in [0.25, 0.3) is 10.8 Å². The largest absolute Gasteiger partial charge is 0.451 e. The number of halogens is 2. The van der Waals surface area contributed by atoms with Crippen molar-refractivity contribution in [2.24, 2.45) is 5.92 Å². The highest BCUT2D eigenvalue weighted by atomic mass is 19.3. The standard InChI is InChI=1S/C24H25F2N3O5/c1-15(2)13-29-22(31)19-6-4-3-5-18(19)21(28-29)23(32)33-14-20(30)27-12-11-16-7-9-17(10-8-16)34-24(25)26/h3-10,15,24H,11-14H2,1-2H3,(H,27,30). The average Bonchev–Trinajstić information content (AvgIpc) is 2.80. The molecule has 1 aromatic heterocycles. The van der Waals surface area contributed by atoms with Crippen molar-refractivity contribution in [1.82, 2.24) is 15.1 Å². The van der Waals surface area contributed by atoms with Gasteiger partial charge in [-0.1, -0.05) is 44.2 Å². The fourth-order valence-electron chi connectivity index (χ4n) is 3.29. The second kappa shape index (κ2) is 11.4. The number of fused-ring (bicyclic) bond motifs is 1. The van der Waals surface area contributed by atoms with Crippen LogP contribution in [0.1, 0.15) is 29.9 Å². The molecule has 180 valence electrons. The lowest BCUT2D eigenvalue weighted by Crippen LogP contribution is -2.32. The van der Waals surface area contributed by atoms with Gasteiger partial charge in [0, 0.05) is 18.5 Å². The number of carbonyl (C=O) groups excluding carboxylic acids is 2. The molecular weight excluding hydrogens is 448 g/mol. The van der Waals surface area contributed by atoms with Crippen molar-refractivity contribution < 1.29 is 27.8 Å². The number of carbonyl (C=O) groups is 2. The zero-order valence-corrected chi connectivity index (χ0v) is 18.8. The maximum Gasteiger partial charge on any atom is 0.387 e. The maximum absolute atomic E-state index is 12.7. The maximum atomic E-state index is 12.7. The van der Waals surface area contributed by atoms with Crippen LogP contribution in [0, 0.1) is 5.92 Å². The van der Waals surface area contributed by atoms with Gasteiger partial charge >= 0.3 is 12.6 Å². The first-order valence-electron chi connectivity index (χ1n) is 10.7. The Bertz CT molecular complexity index is 1210. The van der Waals surface area contributed by atoms with Crippen LogP contribution in [0.15, 0.2) is 53.3 Å². The zero-order chi connectivity index (χ0) is 24.7. The van der Waals surface area contributed by atoms with E-state index in [0.29, 0.717) is 23.7 Å². The molecule has 2 aromatic carbocycles. The zero-order valence-electron chi connectivity index (χ0n) is 18.8. The summed E-state index contributed by atoms with van der Waals surface area (Å²) in [4.78, 5) is 37.4. The summed E-state index contributed by atoms with van der Waals surface area (Å²) in [5.74, 6) is -1.13. The van der Waals surface area contributed by atoms with Gasteiger partial charge in [0.05, 0.1) is 5.39 Å². The molecule has 34 heavy (non-hydrogen) atoms. The van der Waals surface area contributed by atoms with Crippen molar-refractivity contribution in [1.29, 1.82) is 0 Å². The summed E-state index contributed by atoms with van der Waals surface area (Å²) in [5.41, 5.74) is 0.476. The third-order valence-electron chi connectivity index (χ3n) is 4.82. The summed E-state index contributed by atoms with van der Waals surface area (Å²) >= 11 is 0. The van der Waals surface area contributed by atoms with Gasteiger partial charge < -0.3 is 14.8 Å². The van der Waals surface area contributed by atoms with E-state index in [9.17, 15) is 23.2 Å². The Labute approximate surface area is 194 Å². The van der Waals surface area contributed by atoms with Crippen LogP contribution in [0.3, 0.4) is 0 Å². The van der Waals surface area contributed by atoms with Crippen LogP contribution >= 0.6 is 0 Å². The number of benzene rings is 2. The number of nitrogens with one attached hydrogen (secondary N) is 1. The molecule has 0 unspecified atom stereocenters. The third-order valence-corrected chi connectivity index (χ3v) is 4.82. The molecule has 0 aliphatic heterocycles. The Kier molecular flexibility index (Phi) is 8.29. The van der Waals surface area contributed by atoms with Crippen LogP contribution in [0.5, 0.6) is 5.75 Å². The first-order valence-corrected chi connectivity index (χ1v) is 10.7. The quantitative estimate of drug-likeness (QED) is 0.454. The van der Waals surface area contributed by atoms with Crippen molar-refractivity contribution in [2.45, 2.75) is 33.4 Å². The monoisotopic (exact) mass is 473 g/mol. The van der Waals surface area contributed by atoms with Gasteiger partial charge in [0.25, 0.3) is 11.5 Å². The fraction of sp³-hybridized carbons (Fsp3) is 0.333. The lowest BCUT2D eigenvalue weighted by Gasteiger charge is -2.12. The second-order valence-electron chi connectivity index (χ2n) is 7.97. The molecule has 3 rings (SSSR count). The smallest absolute Gasteiger partial charge is 0.387 e. The molecule has 1 N–H and O–H groups in total. The third kappa shape index (κ3) is 6.60. The van der Waals surface area contributed by atoms with Crippen molar-refractivity contribution in [3.63, 3.8) is 0 Å². The highest BCUT2D eigenvalue weighted by molar-refractivity contribution is 6.02. The lowest BCUT2D eigenvalue weighted by atomic mass is 10.1. The second-order valence-corrected chi connectivity index (χ2v) is 7.97. The number of hydrogen-bond donors (Lipinski definition) is 1. The minimum Gasteiger partial charge on any atom is -0.451 e. The normalized spacial score (nSPS) is 11.1. The molecule has 0 saturated heterocycles. The molecule has 1 heterocycles. The fourth-order valence-corrected chi connectivity index (χ4v) is 3.29. The van der Waals surface area contributed by atoms with Crippen molar-refractivity contribution in [2.75, 3.05) is 13.2 Å². The van der Waals surface area contributed by atoms with E-state index < -0.39 is 25.1 Å². The number of alkyl halides is 2. The van der Waals surface area contributed by atoms with Gasteiger partial charge in [-0.2, -0.15) is 13.9 Å². The van der Waals surface area contributed by atoms with Gasteiger partial charge in [-0.15, -0.1) is 0 Å². The molecule has 0 fully saturated rings. The van der Waals surface area contributed by atoms with E-state index in [1.54, 1.807) is 36.4 Å². The van der Waals surface area contributed by atoms with Crippen LogP contribution in [-0.4, -0.2) is 41.4 Å². The SMILES string of the molecule is CC(C)Cn1nc(C(=O)OCC(=O)NCCc2ccc(OC(F)F)cc2)c2ccccc2c1=O. The minimum atomic E-state index is -2.89. The molecule has 0 radical (unpaired) electrons. The molecule has 1 amide bonds. The van der Waals surface area contributed by atoms with E-state index in [-0.39, 0.29) is 29.5 Å². The number of hydrogen-bond acceptors (Lipinski definition) is 6. The van der Waals surface area contributed by atoms with E-state index in [2.05, 4.69) is 15.2 Å². The van der Waals surface area contributed by atoms with Gasteiger partial charge in [-0.05, 0) is 36.1 Å². The van der Waals surface area contributed by atoms with E-state index >= 15 is 0 Å². The van der Waals surface area contributed by atoms with Crippen molar-refractivity contribution >= 4 is 22.6 Å². The van der Waals surface area contributed by atoms with E-state index in [1.165, 1.54) is 16.8 Å². The average molecular weight is 473 g/mol. The molecule has 0 spiro atoms. The minimum absolute atomic E-state index is 0.0326. The first kappa shape index (κ1) is 24.8. The summed E-state index contributed by atoms with van der Waals surface area (Å²) in [7, 11) is 0. The molecule has 3 aromatic rings. The van der Waals surface area contributed by atoms with E-state index in [1.807, 2.05) is 13.8 Å². The van der Waals surface area contributed by atoms with Crippen LogP contribution < -0.4 is 15.6 Å². The molecule has 10 heteroatoms.